The Morgan fingerprint density at radius 2 is 1.93 bits per heavy atom. The second-order valence-electron chi connectivity index (χ2n) is 6.93. The summed E-state index contributed by atoms with van der Waals surface area (Å²) in [6, 6.07) is 13.5. The molecule has 0 aliphatic carbocycles. The fraction of sp³-hybridized carbons (Fsp3) is 0.364. The number of ether oxygens (including phenoxy) is 2. The average Bonchev–Trinajstić information content (AvgIpc) is 2.74. The molecule has 8 heteroatoms. The fourth-order valence-corrected chi connectivity index (χ4v) is 3.76. The van der Waals surface area contributed by atoms with Crippen molar-refractivity contribution in [2.24, 2.45) is 0 Å². The van der Waals surface area contributed by atoms with Gasteiger partial charge in [0.25, 0.3) is 0 Å². The monoisotopic (exact) mass is 447 g/mol. The Labute approximate surface area is 187 Å². The van der Waals surface area contributed by atoms with Crippen LogP contribution in [0.3, 0.4) is 0 Å². The summed E-state index contributed by atoms with van der Waals surface area (Å²) in [6.45, 7) is 7.47. The van der Waals surface area contributed by atoms with Gasteiger partial charge in [0.1, 0.15) is 0 Å². The van der Waals surface area contributed by atoms with E-state index in [1.165, 1.54) is 5.69 Å². The smallest absolute Gasteiger partial charge is 0.339 e. The van der Waals surface area contributed by atoms with Gasteiger partial charge in [-0.05, 0) is 62.0 Å². The zero-order valence-corrected chi connectivity index (χ0v) is 18.7. The minimum Gasteiger partial charge on any atom is -0.462 e. The Hall–Kier alpha value is -2.35. The third-order valence-electron chi connectivity index (χ3n) is 4.84. The number of nitrogens with one attached hydrogen (secondary N) is 2. The first-order valence-electron chi connectivity index (χ1n) is 9.94. The number of benzene rings is 2. The summed E-state index contributed by atoms with van der Waals surface area (Å²) in [7, 11) is 0. The van der Waals surface area contributed by atoms with Crippen LogP contribution in [0.4, 0.5) is 11.4 Å². The highest BCUT2D eigenvalue weighted by Gasteiger charge is 2.14. The van der Waals surface area contributed by atoms with Gasteiger partial charge in [-0.15, -0.1) is 0 Å². The van der Waals surface area contributed by atoms with Gasteiger partial charge in [0.15, 0.2) is 5.11 Å². The number of nitrogens with zero attached hydrogens (tertiary/aromatic N) is 1. The summed E-state index contributed by atoms with van der Waals surface area (Å²) in [5.74, 6) is -0.441. The molecule has 0 amide bonds. The van der Waals surface area contributed by atoms with Gasteiger partial charge < -0.3 is 25.0 Å². The lowest BCUT2D eigenvalue weighted by Crippen LogP contribution is -2.36. The van der Waals surface area contributed by atoms with E-state index in [-0.39, 0.29) is 6.04 Å². The van der Waals surface area contributed by atoms with Crippen LogP contribution in [0.25, 0.3) is 0 Å². The van der Waals surface area contributed by atoms with E-state index in [0.717, 1.165) is 31.9 Å². The number of thiocarbonyl (C=S) groups is 1. The Balaban J connectivity index is 1.56. The van der Waals surface area contributed by atoms with Gasteiger partial charge in [-0.2, -0.15) is 0 Å². The number of esters is 1. The average molecular weight is 448 g/mol. The van der Waals surface area contributed by atoms with Crippen LogP contribution in [-0.2, 0) is 9.47 Å². The lowest BCUT2D eigenvalue weighted by molar-refractivity contribution is 0.0526. The molecule has 1 fully saturated rings. The van der Waals surface area contributed by atoms with Crippen molar-refractivity contribution in [1.29, 1.82) is 0 Å². The van der Waals surface area contributed by atoms with Crippen molar-refractivity contribution in [2.45, 2.75) is 19.9 Å². The molecule has 1 heterocycles. The summed E-state index contributed by atoms with van der Waals surface area (Å²) < 4.78 is 10.4. The summed E-state index contributed by atoms with van der Waals surface area (Å²) in [6.07, 6.45) is 0. The maximum atomic E-state index is 11.9. The zero-order valence-electron chi connectivity index (χ0n) is 17.1. The Bertz CT molecular complexity index is 886. The van der Waals surface area contributed by atoms with E-state index in [1.54, 1.807) is 25.1 Å². The minimum absolute atomic E-state index is 0.0259. The normalized spacial score (nSPS) is 14.7. The van der Waals surface area contributed by atoms with E-state index in [9.17, 15) is 4.79 Å². The minimum atomic E-state index is -0.441. The van der Waals surface area contributed by atoms with Crippen molar-refractivity contribution in [3.05, 3.63) is 58.6 Å². The van der Waals surface area contributed by atoms with Gasteiger partial charge in [-0.1, -0.05) is 23.7 Å². The van der Waals surface area contributed by atoms with E-state index in [1.807, 2.05) is 0 Å². The van der Waals surface area contributed by atoms with Gasteiger partial charge in [0.2, 0.25) is 0 Å². The third-order valence-corrected chi connectivity index (χ3v) is 5.37. The van der Waals surface area contributed by atoms with Crippen LogP contribution in [0.2, 0.25) is 5.02 Å². The molecule has 1 aliphatic heterocycles. The Kier molecular flexibility index (Phi) is 7.90. The van der Waals surface area contributed by atoms with Gasteiger partial charge >= 0.3 is 5.97 Å². The van der Waals surface area contributed by atoms with Crippen LogP contribution in [0, 0.1) is 0 Å². The van der Waals surface area contributed by atoms with Crippen molar-refractivity contribution >= 4 is 46.3 Å². The zero-order chi connectivity index (χ0) is 21.5. The van der Waals surface area contributed by atoms with Crippen molar-refractivity contribution in [1.82, 2.24) is 5.32 Å². The standard InChI is InChI=1S/C22H26ClN3O3S/c1-3-29-21(27)19-9-6-17(14-20(19)23)25-22(30)24-15(2)16-4-7-18(8-5-16)26-10-12-28-13-11-26/h4-9,14-15H,3,10-13H2,1-2H3,(H2,24,25,30)/t15-/m1/s1. The van der Waals surface area contributed by atoms with Crippen molar-refractivity contribution in [3.63, 3.8) is 0 Å². The van der Waals surface area contributed by atoms with Crippen LogP contribution in [0.5, 0.6) is 0 Å². The highest BCUT2D eigenvalue weighted by molar-refractivity contribution is 7.80. The highest BCUT2D eigenvalue weighted by atomic mass is 35.5. The molecule has 1 saturated heterocycles. The number of carbonyl (C=O) groups excluding carboxylic acids is 1. The van der Waals surface area contributed by atoms with Crippen molar-refractivity contribution in [3.8, 4) is 0 Å². The van der Waals surface area contributed by atoms with E-state index in [2.05, 4.69) is 46.7 Å². The number of rotatable bonds is 6. The molecule has 3 rings (SSSR count). The lowest BCUT2D eigenvalue weighted by atomic mass is 10.1. The van der Waals surface area contributed by atoms with Gasteiger partial charge in [-0.3, -0.25) is 0 Å². The van der Waals surface area contributed by atoms with Crippen LogP contribution < -0.4 is 15.5 Å². The van der Waals surface area contributed by atoms with Crippen molar-refractivity contribution in [2.75, 3.05) is 43.1 Å². The fourth-order valence-electron chi connectivity index (χ4n) is 3.21. The van der Waals surface area contributed by atoms with E-state index < -0.39 is 5.97 Å². The van der Waals surface area contributed by atoms with Crippen LogP contribution in [-0.4, -0.2) is 44.0 Å². The van der Waals surface area contributed by atoms with Gasteiger partial charge in [0.05, 0.1) is 36.4 Å². The van der Waals surface area contributed by atoms with E-state index >= 15 is 0 Å². The molecule has 2 aromatic rings. The maximum Gasteiger partial charge on any atom is 0.339 e. The first kappa shape index (κ1) is 22.3. The second-order valence-corrected chi connectivity index (χ2v) is 7.74. The second kappa shape index (κ2) is 10.6. The summed E-state index contributed by atoms with van der Waals surface area (Å²) in [5, 5.41) is 7.16. The quantitative estimate of drug-likeness (QED) is 0.502. The molecule has 1 aliphatic rings. The van der Waals surface area contributed by atoms with E-state index in [0.29, 0.717) is 28.0 Å². The molecule has 0 unspecified atom stereocenters. The molecule has 0 saturated carbocycles. The molecule has 0 aromatic heterocycles. The number of hydrogen-bond acceptors (Lipinski definition) is 5. The Morgan fingerprint density at radius 3 is 2.57 bits per heavy atom. The molecule has 0 radical (unpaired) electrons. The molecular formula is C22H26ClN3O3S. The Morgan fingerprint density at radius 1 is 1.23 bits per heavy atom. The molecule has 2 aromatic carbocycles. The lowest BCUT2D eigenvalue weighted by Gasteiger charge is -2.29. The molecule has 6 nitrogen and oxygen atoms in total. The predicted molar refractivity (Wildman–Crippen MR) is 125 cm³/mol. The first-order valence-corrected chi connectivity index (χ1v) is 10.7. The largest absolute Gasteiger partial charge is 0.462 e. The van der Waals surface area contributed by atoms with E-state index in [4.69, 9.17) is 33.3 Å². The highest BCUT2D eigenvalue weighted by Crippen LogP contribution is 2.23. The molecule has 1 atom stereocenters. The number of carbonyl (C=O) groups is 1. The van der Waals surface area contributed by atoms with Crippen LogP contribution in [0.1, 0.15) is 35.8 Å². The number of hydrogen-bond donors (Lipinski definition) is 2. The van der Waals surface area contributed by atoms with Crippen LogP contribution in [0.15, 0.2) is 42.5 Å². The SMILES string of the molecule is CCOC(=O)c1ccc(NC(=S)N[C@H](C)c2ccc(N3CCOCC3)cc2)cc1Cl. The molecule has 0 bridgehead atoms. The van der Waals surface area contributed by atoms with Gasteiger partial charge in [-0.25, -0.2) is 4.79 Å². The number of halogens is 1. The number of anilines is 2. The molecule has 2 N–H and O–H groups in total. The maximum absolute atomic E-state index is 11.9. The molecular weight excluding hydrogens is 422 g/mol. The summed E-state index contributed by atoms with van der Waals surface area (Å²) in [4.78, 5) is 14.2. The topological polar surface area (TPSA) is 62.8 Å². The van der Waals surface area contributed by atoms with Crippen LogP contribution >= 0.6 is 23.8 Å². The third kappa shape index (κ3) is 5.84. The van der Waals surface area contributed by atoms with Crippen molar-refractivity contribution < 1.29 is 14.3 Å². The predicted octanol–water partition coefficient (Wildman–Crippen LogP) is 4.40. The first-order chi connectivity index (χ1) is 14.5. The molecule has 30 heavy (non-hydrogen) atoms. The number of morpholine rings is 1. The summed E-state index contributed by atoms with van der Waals surface area (Å²) in [5.41, 5.74) is 3.36. The van der Waals surface area contributed by atoms with Gasteiger partial charge in [0, 0.05) is 24.5 Å². The molecule has 0 spiro atoms. The molecule has 160 valence electrons. The summed E-state index contributed by atoms with van der Waals surface area (Å²) >= 11 is 11.6.